The lowest BCUT2D eigenvalue weighted by Crippen LogP contribution is -2.72. The lowest BCUT2D eigenvalue weighted by atomic mass is 9.98. The summed E-state index contributed by atoms with van der Waals surface area (Å²) in [6.45, 7) is -0.899. The van der Waals surface area contributed by atoms with E-state index >= 15 is 0 Å². The predicted octanol–water partition coefficient (Wildman–Crippen LogP) is 4.91. The number of aryl methyl sites for hydroxylation is 1. The summed E-state index contributed by atoms with van der Waals surface area (Å²) in [4.78, 5) is 10.8. The Labute approximate surface area is 180 Å². The van der Waals surface area contributed by atoms with Crippen LogP contribution < -0.4 is 4.31 Å². The van der Waals surface area contributed by atoms with Crippen LogP contribution in [0.2, 0.25) is 0 Å². The number of alkyl halides is 13. The number of carbonyl (C=O) groups is 1. The molecule has 0 heterocycles. The molecular formula is C15H10F13NO4S. The topological polar surface area (TPSA) is 74.7 Å². The van der Waals surface area contributed by atoms with Crippen LogP contribution >= 0.6 is 0 Å². The molecule has 19 heteroatoms. The molecular weight excluding hydrogens is 537 g/mol. The van der Waals surface area contributed by atoms with Gasteiger partial charge in [-0.2, -0.15) is 65.5 Å². The van der Waals surface area contributed by atoms with E-state index < -0.39 is 67.7 Å². The molecule has 0 amide bonds. The maximum atomic E-state index is 14.2. The molecule has 1 rings (SSSR count). The van der Waals surface area contributed by atoms with E-state index in [-0.39, 0.29) is 5.56 Å². The Kier molecular flexibility index (Phi) is 7.24. The lowest BCUT2D eigenvalue weighted by molar-refractivity contribution is -0.433. The maximum absolute atomic E-state index is 14.2. The number of rotatable bonds is 9. The molecule has 0 fully saturated rings. The van der Waals surface area contributed by atoms with Gasteiger partial charge in [-0.1, -0.05) is 17.7 Å². The van der Waals surface area contributed by atoms with Crippen molar-refractivity contribution >= 4 is 21.7 Å². The molecule has 0 aromatic heterocycles. The molecule has 196 valence electrons. The van der Waals surface area contributed by atoms with E-state index in [1.54, 1.807) is 0 Å². The third-order valence-corrected chi connectivity index (χ3v) is 5.94. The fraction of sp³-hybridized carbons (Fsp3) is 0.533. The first-order valence-corrected chi connectivity index (χ1v) is 9.51. The van der Waals surface area contributed by atoms with Gasteiger partial charge < -0.3 is 5.11 Å². The molecule has 1 N–H and O–H groups in total. The first-order valence-electron chi connectivity index (χ1n) is 8.07. The molecule has 0 aliphatic heterocycles. The average molecular weight is 547 g/mol. The third kappa shape index (κ3) is 4.21. The fourth-order valence-corrected chi connectivity index (χ4v) is 3.61. The van der Waals surface area contributed by atoms with Gasteiger partial charge in [-0.15, -0.1) is 0 Å². The Bertz CT molecular complexity index is 1020. The van der Waals surface area contributed by atoms with Crippen LogP contribution in [0.15, 0.2) is 24.3 Å². The highest BCUT2D eigenvalue weighted by atomic mass is 32.2. The number of halogens is 13. The van der Waals surface area contributed by atoms with Crippen LogP contribution in [-0.4, -0.2) is 61.2 Å². The van der Waals surface area contributed by atoms with E-state index in [1.807, 2.05) is 0 Å². The lowest BCUT2D eigenvalue weighted by Gasteiger charge is -2.40. The molecule has 1 aromatic carbocycles. The van der Waals surface area contributed by atoms with E-state index in [0.717, 1.165) is 12.1 Å². The number of hydrogen-bond donors (Lipinski definition) is 1. The largest absolute Gasteiger partial charge is 0.480 e. The monoisotopic (exact) mass is 547 g/mol. The minimum Gasteiger partial charge on any atom is -0.480 e. The minimum atomic E-state index is -8.35. The second-order valence-corrected chi connectivity index (χ2v) is 8.46. The highest BCUT2D eigenvalue weighted by Crippen LogP contribution is 2.61. The summed E-state index contributed by atoms with van der Waals surface area (Å²) < 4.78 is 195. The van der Waals surface area contributed by atoms with E-state index in [1.165, 1.54) is 6.92 Å². The highest BCUT2D eigenvalue weighted by molar-refractivity contribution is 7.93. The molecule has 0 unspecified atom stereocenters. The molecule has 0 atom stereocenters. The van der Waals surface area contributed by atoms with Crippen molar-refractivity contribution in [3.05, 3.63) is 29.8 Å². The van der Waals surface area contributed by atoms with Crippen LogP contribution in [-0.2, 0) is 14.8 Å². The molecule has 0 aliphatic rings. The number of carboxylic acid groups (broad SMARTS) is 1. The van der Waals surface area contributed by atoms with Gasteiger partial charge in [-0.05, 0) is 19.1 Å². The van der Waals surface area contributed by atoms with Gasteiger partial charge in [0.05, 0.1) is 5.69 Å². The highest BCUT2D eigenvalue weighted by Gasteiger charge is 2.92. The summed E-state index contributed by atoms with van der Waals surface area (Å²) in [5.41, 5.74) is -0.978. The van der Waals surface area contributed by atoms with Crippen molar-refractivity contribution in [3.8, 4) is 0 Å². The molecule has 5 nitrogen and oxygen atoms in total. The third-order valence-electron chi connectivity index (χ3n) is 4.12. The van der Waals surface area contributed by atoms with E-state index in [9.17, 15) is 70.3 Å². The SMILES string of the molecule is Cc1ccc(N(CC(=O)O)S(=O)(=O)C(F)(F)C(F)(F)C(F)(F)C(F)(F)C(F)(F)C(F)(F)F)cc1. The van der Waals surface area contributed by atoms with Crippen molar-refractivity contribution in [2.24, 2.45) is 0 Å². The number of nitrogens with zero attached hydrogens (tertiary/aromatic N) is 1. The molecule has 0 bridgehead atoms. The van der Waals surface area contributed by atoms with Gasteiger partial charge in [-0.3, -0.25) is 9.10 Å². The Morgan fingerprint density at radius 3 is 1.50 bits per heavy atom. The van der Waals surface area contributed by atoms with Gasteiger partial charge in [0.2, 0.25) is 0 Å². The molecule has 0 radical (unpaired) electrons. The zero-order valence-corrected chi connectivity index (χ0v) is 16.8. The standard InChI is InChI=1S/C15H10F13NO4S/c1-7-2-4-8(5-3-7)29(6-9(30)31)34(32,33)15(27,28)13(22,23)11(18,19)10(16,17)12(20,21)14(24,25)26/h2-5H,6H2,1H3,(H,30,31). The zero-order valence-electron chi connectivity index (χ0n) is 16.0. The maximum Gasteiger partial charge on any atom is 0.460 e. The van der Waals surface area contributed by atoms with Crippen LogP contribution in [0.25, 0.3) is 0 Å². The number of sulfonamides is 1. The van der Waals surface area contributed by atoms with Gasteiger partial charge in [0, 0.05) is 0 Å². The minimum absolute atomic E-state index is 0.231. The summed E-state index contributed by atoms with van der Waals surface area (Å²) in [6, 6.07) is 2.74. The molecule has 0 saturated carbocycles. The Balaban J connectivity index is 3.78. The van der Waals surface area contributed by atoms with E-state index in [4.69, 9.17) is 5.11 Å². The number of aliphatic carboxylic acids is 1. The number of anilines is 1. The Morgan fingerprint density at radius 1 is 0.765 bits per heavy atom. The van der Waals surface area contributed by atoms with Crippen LogP contribution in [0.4, 0.5) is 62.8 Å². The van der Waals surface area contributed by atoms with Crippen molar-refractivity contribution in [3.63, 3.8) is 0 Å². The molecule has 0 spiro atoms. The smallest absolute Gasteiger partial charge is 0.460 e. The van der Waals surface area contributed by atoms with Gasteiger partial charge in [-0.25, -0.2) is 0 Å². The van der Waals surface area contributed by atoms with Gasteiger partial charge in [0.25, 0.3) is 0 Å². The average Bonchev–Trinajstić information content (AvgIpc) is 2.65. The van der Waals surface area contributed by atoms with Crippen LogP contribution in [0.3, 0.4) is 0 Å². The number of hydrogen-bond acceptors (Lipinski definition) is 3. The molecule has 34 heavy (non-hydrogen) atoms. The van der Waals surface area contributed by atoms with Crippen molar-refractivity contribution in [1.82, 2.24) is 0 Å². The second-order valence-electron chi connectivity index (χ2n) is 6.55. The summed E-state index contributed by atoms with van der Waals surface area (Å²) in [5.74, 6) is -35.2. The van der Waals surface area contributed by atoms with Crippen molar-refractivity contribution < 1.29 is 75.4 Å². The Morgan fingerprint density at radius 2 is 1.15 bits per heavy atom. The number of carboxylic acids is 1. The van der Waals surface area contributed by atoms with Crippen molar-refractivity contribution in [2.45, 2.75) is 42.0 Å². The molecule has 1 aromatic rings. The quantitative estimate of drug-likeness (QED) is 0.446. The van der Waals surface area contributed by atoms with Crippen LogP contribution in [0, 0.1) is 6.92 Å². The van der Waals surface area contributed by atoms with Crippen LogP contribution in [0.1, 0.15) is 5.56 Å². The normalized spacial score (nSPS) is 14.8. The summed E-state index contributed by atoms with van der Waals surface area (Å²) >= 11 is 0. The van der Waals surface area contributed by atoms with Gasteiger partial charge in [0.1, 0.15) is 6.54 Å². The summed E-state index contributed by atoms with van der Waals surface area (Å²) in [6.07, 6.45) is -7.67. The summed E-state index contributed by atoms with van der Waals surface area (Å²) in [5, 5.41) is 1.14. The number of benzene rings is 1. The Hall–Kier alpha value is -2.47. The van der Waals surface area contributed by atoms with Crippen molar-refractivity contribution in [1.29, 1.82) is 0 Å². The van der Waals surface area contributed by atoms with Crippen molar-refractivity contribution in [2.75, 3.05) is 10.8 Å². The molecule has 0 saturated heterocycles. The fourth-order valence-electron chi connectivity index (χ4n) is 2.20. The molecule has 0 aliphatic carbocycles. The second kappa shape index (κ2) is 8.33. The zero-order chi connectivity index (χ0) is 27.3. The van der Waals surface area contributed by atoms with Gasteiger partial charge >= 0.3 is 51.1 Å². The van der Waals surface area contributed by atoms with Gasteiger partial charge in [0.15, 0.2) is 0 Å². The van der Waals surface area contributed by atoms with E-state index in [2.05, 4.69) is 0 Å². The van der Waals surface area contributed by atoms with Crippen LogP contribution in [0.5, 0.6) is 0 Å². The first-order chi connectivity index (χ1) is 14.8. The van der Waals surface area contributed by atoms with E-state index in [0.29, 0.717) is 12.1 Å². The predicted molar refractivity (Wildman–Crippen MR) is 85.9 cm³/mol. The summed E-state index contributed by atoms with van der Waals surface area (Å²) in [7, 11) is -7.51. The first kappa shape index (κ1) is 29.6.